The largest absolute Gasteiger partial charge is 0.484 e. The van der Waals surface area contributed by atoms with Gasteiger partial charge in [-0.25, -0.2) is 0 Å². The van der Waals surface area contributed by atoms with E-state index < -0.39 is 0 Å². The molecule has 0 aromatic heterocycles. The van der Waals surface area contributed by atoms with Crippen LogP contribution in [-0.4, -0.2) is 41.8 Å². The second-order valence-corrected chi connectivity index (χ2v) is 5.47. The van der Waals surface area contributed by atoms with E-state index in [0.29, 0.717) is 5.75 Å². The zero-order valence-electron chi connectivity index (χ0n) is 12.3. The lowest BCUT2D eigenvalue weighted by Crippen LogP contribution is -2.38. The maximum absolute atomic E-state index is 12.0. The minimum atomic E-state index is 0.0472. The van der Waals surface area contributed by atoms with Crippen molar-refractivity contribution in [1.82, 2.24) is 10.3 Å². The maximum Gasteiger partial charge on any atom is 0.260 e. The first-order chi connectivity index (χ1) is 10.6. The van der Waals surface area contributed by atoms with Gasteiger partial charge in [0.05, 0.1) is 6.21 Å². The standard InChI is InChI=1S/C15H20N4O2S/c16-15(22)18-17-10-12-4-6-13(7-5-12)21-11-14(20)19-8-2-1-3-9-19/h4-7,10H,1-3,8-9,11H2,(H3,16,18,22). The number of hydrazone groups is 1. The van der Waals surface area contributed by atoms with Crippen LogP contribution < -0.4 is 15.9 Å². The van der Waals surface area contributed by atoms with Gasteiger partial charge in [-0.2, -0.15) is 5.10 Å². The van der Waals surface area contributed by atoms with E-state index in [1.54, 1.807) is 18.3 Å². The molecule has 0 unspecified atom stereocenters. The molecule has 22 heavy (non-hydrogen) atoms. The van der Waals surface area contributed by atoms with Crippen LogP contribution in [0.5, 0.6) is 5.75 Å². The molecule has 1 fully saturated rings. The summed E-state index contributed by atoms with van der Waals surface area (Å²) in [6.07, 6.45) is 4.97. The molecule has 1 aromatic carbocycles. The molecule has 2 rings (SSSR count). The molecule has 7 heteroatoms. The third kappa shape index (κ3) is 5.33. The average molecular weight is 320 g/mol. The van der Waals surface area contributed by atoms with E-state index in [4.69, 9.17) is 10.5 Å². The lowest BCUT2D eigenvalue weighted by atomic mass is 10.1. The molecule has 1 aromatic rings. The van der Waals surface area contributed by atoms with Crippen LogP contribution in [0, 0.1) is 0 Å². The second kappa shape index (κ2) is 8.33. The molecule has 1 aliphatic heterocycles. The van der Waals surface area contributed by atoms with Gasteiger partial charge in [-0.3, -0.25) is 10.2 Å². The number of piperidine rings is 1. The summed E-state index contributed by atoms with van der Waals surface area (Å²) in [7, 11) is 0. The summed E-state index contributed by atoms with van der Waals surface area (Å²) in [5.41, 5.74) is 8.62. The van der Waals surface area contributed by atoms with Crippen LogP contribution in [-0.2, 0) is 4.79 Å². The molecule has 6 nitrogen and oxygen atoms in total. The van der Waals surface area contributed by atoms with Crippen molar-refractivity contribution >= 4 is 29.5 Å². The Balaban J connectivity index is 1.79. The quantitative estimate of drug-likeness (QED) is 0.485. The number of carbonyl (C=O) groups is 1. The molecule has 0 spiro atoms. The van der Waals surface area contributed by atoms with Crippen LogP contribution in [0.4, 0.5) is 0 Å². The van der Waals surface area contributed by atoms with Crippen molar-refractivity contribution < 1.29 is 9.53 Å². The van der Waals surface area contributed by atoms with Crippen molar-refractivity contribution in [3.63, 3.8) is 0 Å². The zero-order valence-corrected chi connectivity index (χ0v) is 13.1. The van der Waals surface area contributed by atoms with Crippen LogP contribution in [0.25, 0.3) is 0 Å². The smallest absolute Gasteiger partial charge is 0.260 e. The first-order valence-corrected chi connectivity index (χ1v) is 7.65. The molecule has 0 atom stereocenters. The number of nitrogens with zero attached hydrogens (tertiary/aromatic N) is 2. The van der Waals surface area contributed by atoms with Crippen LogP contribution in [0.1, 0.15) is 24.8 Å². The number of benzene rings is 1. The molecule has 1 saturated heterocycles. The zero-order chi connectivity index (χ0) is 15.8. The lowest BCUT2D eigenvalue weighted by molar-refractivity contribution is -0.134. The SMILES string of the molecule is NC(=S)NN=Cc1ccc(OCC(=O)N2CCCCC2)cc1. The van der Waals surface area contributed by atoms with Crippen molar-refractivity contribution in [2.75, 3.05) is 19.7 Å². The third-order valence-electron chi connectivity index (χ3n) is 3.34. The maximum atomic E-state index is 12.0. The number of thiocarbonyl (C=S) groups is 1. The second-order valence-electron chi connectivity index (χ2n) is 5.03. The van der Waals surface area contributed by atoms with E-state index in [1.807, 2.05) is 17.0 Å². The fourth-order valence-electron chi connectivity index (χ4n) is 2.20. The predicted octanol–water partition coefficient (Wildman–Crippen LogP) is 1.24. The van der Waals surface area contributed by atoms with Gasteiger partial charge in [0.1, 0.15) is 5.75 Å². The highest BCUT2D eigenvalue weighted by Crippen LogP contribution is 2.13. The highest BCUT2D eigenvalue weighted by atomic mass is 32.1. The Morgan fingerprint density at radius 3 is 2.64 bits per heavy atom. The van der Waals surface area contributed by atoms with E-state index >= 15 is 0 Å². The summed E-state index contributed by atoms with van der Waals surface area (Å²) in [5, 5.41) is 3.98. The van der Waals surface area contributed by atoms with Crippen LogP contribution >= 0.6 is 12.2 Å². The summed E-state index contributed by atoms with van der Waals surface area (Å²) in [4.78, 5) is 13.9. The first-order valence-electron chi connectivity index (χ1n) is 7.24. The Morgan fingerprint density at radius 1 is 1.32 bits per heavy atom. The van der Waals surface area contributed by atoms with E-state index in [-0.39, 0.29) is 17.6 Å². The fraction of sp³-hybridized carbons (Fsp3) is 0.400. The van der Waals surface area contributed by atoms with Crippen molar-refractivity contribution in [3.8, 4) is 5.75 Å². The van der Waals surface area contributed by atoms with Crippen LogP contribution in [0.15, 0.2) is 29.4 Å². The van der Waals surface area contributed by atoms with Gasteiger partial charge in [0.15, 0.2) is 11.7 Å². The Kier molecular flexibility index (Phi) is 6.14. The summed E-state index contributed by atoms with van der Waals surface area (Å²) >= 11 is 4.64. The van der Waals surface area contributed by atoms with Crippen molar-refractivity contribution in [2.24, 2.45) is 10.8 Å². The number of likely N-dealkylation sites (tertiary alicyclic amines) is 1. The summed E-state index contributed by atoms with van der Waals surface area (Å²) in [6.45, 7) is 1.76. The molecule has 0 aliphatic carbocycles. The Bertz CT molecular complexity index is 539. The molecular weight excluding hydrogens is 300 g/mol. The molecule has 118 valence electrons. The van der Waals surface area contributed by atoms with Gasteiger partial charge in [0, 0.05) is 13.1 Å². The third-order valence-corrected chi connectivity index (χ3v) is 3.43. The molecular formula is C15H20N4O2S. The van der Waals surface area contributed by atoms with Gasteiger partial charge in [0.25, 0.3) is 5.91 Å². The number of carbonyl (C=O) groups excluding carboxylic acids is 1. The number of nitrogens with two attached hydrogens (primary N) is 1. The average Bonchev–Trinajstić information content (AvgIpc) is 2.54. The van der Waals surface area contributed by atoms with E-state index in [2.05, 4.69) is 22.7 Å². The number of hydrogen-bond donors (Lipinski definition) is 2. The van der Waals surface area contributed by atoms with Gasteiger partial charge < -0.3 is 15.4 Å². The topological polar surface area (TPSA) is 80.0 Å². The molecule has 1 aliphatic rings. The lowest BCUT2D eigenvalue weighted by Gasteiger charge is -2.26. The fourth-order valence-corrected chi connectivity index (χ4v) is 2.25. The van der Waals surface area contributed by atoms with Crippen molar-refractivity contribution in [2.45, 2.75) is 19.3 Å². The first kappa shape index (κ1) is 16.2. The molecule has 3 N–H and O–H groups in total. The Labute approximate surface area is 135 Å². The minimum Gasteiger partial charge on any atom is -0.484 e. The molecule has 1 heterocycles. The summed E-state index contributed by atoms with van der Waals surface area (Å²) in [5.74, 6) is 0.704. The Hall–Kier alpha value is -2.15. The minimum absolute atomic E-state index is 0.0472. The molecule has 0 radical (unpaired) electrons. The van der Waals surface area contributed by atoms with Gasteiger partial charge in [-0.1, -0.05) is 0 Å². The van der Waals surface area contributed by atoms with Crippen molar-refractivity contribution in [1.29, 1.82) is 0 Å². The highest BCUT2D eigenvalue weighted by molar-refractivity contribution is 7.80. The monoisotopic (exact) mass is 320 g/mol. The van der Waals surface area contributed by atoms with Gasteiger partial charge in [-0.15, -0.1) is 0 Å². The van der Waals surface area contributed by atoms with Crippen LogP contribution in [0.2, 0.25) is 0 Å². The van der Waals surface area contributed by atoms with E-state index in [1.165, 1.54) is 6.42 Å². The number of hydrogen-bond acceptors (Lipinski definition) is 4. The van der Waals surface area contributed by atoms with Crippen molar-refractivity contribution in [3.05, 3.63) is 29.8 Å². The summed E-state index contributed by atoms with van der Waals surface area (Å²) in [6, 6.07) is 7.27. The Morgan fingerprint density at radius 2 is 2.00 bits per heavy atom. The number of rotatable bonds is 5. The van der Waals surface area contributed by atoms with E-state index in [9.17, 15) is 4.79 Å². The number of nitrogens with one attached hydrogen (secondary N) is 1. The predicted molar refractivity (Wildman–Crippen MR) is 89.9 cm³/mol. The van der Waals surface area contributed by atoms with Gasteiger partial charge >= 0.3 is 0 Å². The molecule has 0 saturated carbocycles. The van der Waals surface area contributed by atoms with Crippen LogP contribution in [0.3, 0.4) is 0 Å². The normalized spacial score (nSPS) is 14.8. The summed E-state index contributed by atoms with van der Waals surface area (Å²) < 4.78 is 5.53. The molecule has 0 bridgehead atoms. The van der Waals surface area contributed by atoms with Gasteiger partial charge in [-0.05, 0) is 61.3 Å². The van der Waals surface area contributed by atoms with E-state index in [0.717, 1.165) is 31.5 Å². The molecule has 1 amide bonds. The van der Waals surface area contributed by atoms with Gasteiger partial charge in [0.2, 0.25) is 0 Å². The number of ether oxygens (including phenoxy) is 1. The highest BCUT2D eigenvalue weighted by Gasteiger charge is 2.16. The number of amides is 1.